The number of rotatable bonds is 13. The first-order chi connectivity index (χ1) is 18.7. The predicted octanol–water partition coefficient (Wildman–Crippen LogP) is 4.53. The number of hydrogen-bond acceptors (Lipinski definition) is 5. The van der Waals surface area contributed by atoms with E-state index in [1.165, 1.54) is 36.2 Å². The van der Waals surface area contributed by atoms with Gasteiger partial charge in [0.05, 0.1) is 17.2 Å². The summed E-state index contributed by atoms with van der Waals surface area (Å²) in [5.41, 5.74) is 1.29. The molecule has 0 fully saturated rings. The lowest BCUT2D eigenvalue weighted by molar-refractivity contribution is -0.139. The minimum atomic E-state index is -4.16. The number of amides is 2. The highest BCUT2D eigenvalue weighted by Gasteiger charge is 2.33. The number of nitrogens with one attached hydrogen (secondary N) is 1. The highest BCUT2D eigenvalue weighted by atomic mass is 35.5. The number of likely N-dealkylation sites (N-methyl/N-ethyl adjacent to an activating group) is 1. The van der Waals surface area contributed by atoms with E-state index in [0.717, 1.165) is 9.87 Å². The molecule has 0 spiro atoms. The zero-order valence-corrected chi connectivity index (χ0v) is 23.9. The van der Waals surface area contributed by atoms with Crippen molar-refractivity contribution in [3.63, 3.8) is 0 Å². The second-order valence-electron chi connectivity index (χ2n) is 8.75. The summed E-state index contributed by atoms with van der Waals surface area (Å²) < 4.78 is 34.2. The zero-order valence-electron chi connectivity index (χ0n) is 22.3. The van der Waals surface area contributed by atoms with Gasteiger partial charge in [0.2, 0.25) is 11.8 Å². The van der Waals surface area contributed by atoms with Crippen molar-refractivity contribution in [1.29, 1.82) is 0 Å². The first-order valence-electron chi connectivity index (χ1n) is 12.8. The Hall–Kier alpha value is -3.56. The lowest BCUT2D eigenvalue weighted by Gasteiger charge is -2.33. The summed E-state index contributed by atoms with van der Waals surface area (Å²) in [6.45, 7) is 3.87. The second kappa shape index (κ2) is 14.0. The van der Waals surface area contributed by atoms with Gasteiger partial charge in [-0.1, -0.05) is 48.9 Å². The molecule has 0 bridgehead atoms. The number of hydrogen-bond donors (Lipinski definition) is 1. The molecular formula is C29H34ClN3O5S. The SMILES string of the molecule is CCOc1ccc(N(CC(=O)N(CCc2ccccc2)C(CC)C(=O)NC)S(=O)(=O)c2ccc(Cl)cc2)cc1. The van der Waals surface area contributed by atoms with Crippen LogP contribution in [0.5, 0.6) is 5.75 Å². The third-order valence-electron chi connectivity index (χ3n) is 6.23. The van der Waals surface area contributed by atoms with Crippen molar-refractivity contribution in [1.82, 2.24) is 10.2 Å². The molecule has 3 rings (SSSR count). The van der Waals surface area contributed by atoms with Crippen molar-refractivity contribution in [2.75, 3.05) is 31.0 Å². The molecular weight excluding hydrogens is 538 g/mol. The van der Waals surface area contributed by atoms with Gasteiger partial charge in [-0.15, -0.1) is 0 Å². The van der Waals surface area contributed by atoms with E-state index in [2.05, 4.69) is 5.32 Å². The van der Waals surface area contributed by atoms with Crippen LogP contribution in [0.25, 0.3) is 0 Å². The monoisotopic (exact) mass is 571 g/mol. The highest BCUT2D eigenvalue weighted by Crippen LogP contribution is 2.27. The van der Waals surface area contributed by atoms with E-state index in [4.69, 9.17) is 16.3 Å². The minimum Gasteiger partial charge on any atom is -0.494 e. The third kappa shape index (κ3) is 7.74. The maximum absolute atomic E-state index is 13.9. The van der Waals surface area contributed by atoms with Crippen molar-refractivity contribution in [2.24, 2.45) is 0 Å². The van der Waals surface area contributed by atoms with Crippen LogP contribution in [0.3, 0.4) is 0 Å². The normalized spacial score (nSPS) is 11.9. The maximum atomic E-state index is 13.9. The number of sulfonamides is 1. The quantitative estimate of drug-likeness (QED) is 0.325. The Morgan fingerprint density at radius 3 is 2.15 bits per heavy atom. The largest absolute Gasteiger partial charge is 0.494 e. The van der Waals surface area contributed by atoms with Gasteiger partial charge in [0, 0.05) is 18.6 Å². The molecule has 0 aliphatic rings. The number of nitrogens with zero attached hydrogens (tertiary/aromatic N) is 2. The molecule has 0 saturated carbocycles. The van der Waals surface area contributed by atoms with Crippen LogP contribution in [-0.2, 0) is 26.0 Å². The van der Waals surface area contributed by atoms with Crippen molar-refractivity contribution < 1.29 is 22.7 Å². The summed E-state index contributed by atoms with van der Waals surface area (Å²) >= 11 is 5.99. The van der Waals surface area contributed by atoms with Gasteiger partial charge in [0.25, 0.3) is 10.0 Å². The van der Waals surface area contributed by atoms with Gasteiger partial charge in [0.1, 0.15) is 18.3 Å². The molecule has 0 radical (unpaired) electrons. The van der Waals surface area contributed by atoms with Crippen LogP contribution >= 0.6 is 11.6 Å². The van der Waals surface area contributed by atoms with Crippen LogP contribution in [0.1, 0.15) is 25.8 Å². The van der Waals surface area contributed by atoms with Gasteiger partial charge in [-0.25, -0.2) is 8.42 Å². The Morgan fingerprint density at radius 2 is 1.59 bits per heavy atom. The first-order valence-corrected chi connectivity index (χ1v) is 14.6. The second-order valence-corrected chi connectivity index (χ2v) is 11.1. The average Bonchev–Trinajstić information content (AvgIpc) is 2.95. The van der Waals surface area contributed by atoms with Crippen LogP contribution in [0.4, 0.5) is 5.69 Å². The van der Waals surface area contributed by atoms with Crippen molar-refractivity contribution >= 4 is 39.1 Å². The standard InChI is InChI=1S/C29H34ClN3O5S/c1-4-27(29(35)31-3)32(20-19-22-9-7-6-8-10-22)28(34)21-33(24-13-15-25(16-14-24)38-5-2)39(36,37)26-17-11-23(30)12-18-26/h6-18,27H,4-5,19-21H2,1-3H3,(H,31,35). The molecule has 0 aliphatic heterocycles. The van der Waals surface area contributed by atoms with Crippen molar-refractivity contribution in [3.05, 3.63) is 89.4 Å². The molecule has 3 aromatic rings. The van der Waals surface area contributed by atoms with Gasteiger partial charge in [-0.05, 0) is 73.9 Å². The molecule has 10 heteroatoms. The van der Waals surface area contributed by atoms with E-state index >= 15 is 0 Å². The fourth-order valence-corrected chi connectivity index (χ4v) is 5.74. The number of ether oxygens (including phenoxy) is 1. The number of carbonyl (C=O) groups is 2. The average molecular weight is 572 g/mol. The summed E-state index contributed by atoms with van der Waals surface area (Å²) in [4.78, 5) is 28.1. The van der Waals surface area contributed by atoms with Crippen LogP contribution in [0.15, 0.2) is 83.8 Å². The fourth-order valence-electron chi connectivity index (χ4n) is 4.20. The zero-order chi connectivity index (χ0) is 28.4. The Morgan fingerprint density at radius 1 is 0.949 bits per heavy atom. The Balaban J connectivity index is 2.00. The molecule has 208 valence electrons. The lowest BCUT2D eigenvalue weighted by Crippen LogP contribution is -2.52. The maximum Gasteiger partial charge on any atom is 0.264 e. The van der Waals surface area contributed by atoms with E-state index in [1.54, 1.807) is 24.3 Å². The molecule has 0 aliphatic carbocycles. The van der Waals surface area contributed by atoms with E-state index in [0.29, 0.717) is 30.2 Å². The number of carbonyl (C=O) groups excluding carboxylic acids is 2. The van der Waals surface area contributed by atoms with Crippen LogP contribution in [-0.4, -0.2) is 57.9 Å². The predicted molar refractivity (Wildman–Crippen MR) is 154 cm³/mol. The molecule has 39 heavy (non-hydrogen) atoms. The Labute approximate surface area is 235 Å². The summed E-state index contributed by atoms with van der Waals surface area (Å²) in [6.07, 6.45) is 0.875. The molecule has 0 aromatic heterocycles. The van der Waals surface area contributed by atoms with E-state index in [-0.39, 0.29) is 23.0 Å². The molecule has 3 aromatic carbocycles. The molecule has 2 amide bonds. The number of halogens is 1. The molecule has 1 atom stereocenters. The smallest absolute Gasteiger partial charge is 0.264 e. The van der Waals surface area contributed by atoms with Crippen LogP contribution in [0, 0.1) is 0 Å². The molecule has 0 heterocycles. The minimum absolute atomic E-state index is 0.0113. The van der Waals surface area contributed by atoms with Crippen LogP contribution < -0.4 is 14.4 Å². The number of anilines is 1. The topological polar surface area (TPSA) is 96.0 Å². The fraction of sp³-hybridized carbons (Fsp3) is 0.310. The number of benzene rings is 3. The summed E-state index contributed by atoms with van der Waals surface area (Å²) in [5.74, 6) is -0.230. The molecule has 1 unspecified atom stereocenters. The van der Waals surface area contributed by atoms with E-state index < -0.39 is 28.5 Å². The van der Waals surface area contributed by atoms with E-state index in [9.17, 15) is 18.0 Å². The summed E-state index contributed by atoms with van der Waals surface area (Å²) in [7, 11) is -2.65. The highest BCUT2D eigenvalue weighted by molar-refractivity contribution is 7.92. The summed E-state index contributed by atoms with van der Waals surface area (Å²) in [5, 5.41) is 3.01. The molecule has 0 saturated heterocycles. The van der Waals surface area contributed by atoms with Gasteiger partial charge in [-0.2, -0.15) is 0 Å². The van der Waals surface area contributed by atoms with Gasteiger partial charge < -0.3 is 15.0 Å². The van der Waals surface area contributed by atoms with Crippen molar-refractivity contribution in [2.45, 2.75) is 37.6 Å². The van der Waals surface area contributed by atoms with Gasteiger partial charge in [-0.3, -0.25) is 13.9 Å². The van der Waals surface area contributed by atoms with Gasteiger partial charge >= 0.3 is 0 Å². The lowest BCUT2D eigenvalue weighted by atomic mass is 10.1. The van der Waals surface area contributed by atoms with Gasteiger partial charge in [0.15, 0.2) is 0 Å². The molecule has 1 N–H and O–H groups in total. The third-order valence-corrected chi connectivity index (χ3v) is 8.27. The first kappa shape index (κ1) is 30.0. The van der Waals surface area contributed by atoms with Crippen molar-refractivity contribution in [3.8, 4) is 5.75 Å². The Bertz CT molecular complexity index is 1330. The molecule has 8 nitrogen and oxygen atoms in total. The van der Waals surface area contributed by atoms with Crippen LogP contribution in [0.2, 0.25) is 5.02 Å². The Kier molecular flexibility index (Phi) is 10.8. The van der Waals surface area contributed by atoms with E-state index in [1.807, 2.05) is 44.2 Å². The summed E-state index contributed by atoms with van der Waals surface area (Å²) in [6, 6.07) is 21.1.